The molecular formula is C30H36N4O4S2. The van der Waals surface area contributed by atoms with Crippen LogP contribution in [0.3, 0.4) is 0 Å². The monoisotopic (exact) mass is 580 g/mol. The summed E-state index contributed by atoms with van der Waals surface area (Å²) in [5.74, 6) is 0.669. The van der Waals surface area contributed by atoms with Crippen molar-refractivity contribution in [1.29, 1.82) is 0 Å². The molecule has 40 heavy (non-hydrogen) atoms. The molecule has 0 spiro atoms. The molecule has 0 bridgehead atoms. The lowest BCUT2D eigenvalue weighted by Crippen LogP contribution is -2.25. The Morgan fingerprint density at radius 3 is 2.27 bits per heavy atom. The number of hydrogen-bond acceptors (Lipinski definition) is 6. The van der Waals surface area contributed by atoms with E-state index in [2.05, 4.69) is 21.9 Å². The molecule has 0 radical (unpaired) electrons. The molecule has 2 aromatic carbocycles. The first-order chi connectivity index (χ1) is 19.0. The molecule has 1 saturated carbocycles. The molecule has 0 amide bonds. The van der Waals surface area contributed by atoms with E-state index in [-0.39, 0.29) is 10.6 Å². The topological polar surface area (TPSA) is 110 Å². The Bertz CT molecular complexity index is 1750. The molecular weight excluding hydrogens is 544 g/mol. The Balaban J connectivity index is 1.65. The van der Waals surface area contributed by atoms with Gasteiger partial charge >= 0.3 is 0 Å². The summed E-state index contributed by atoms with van der Waals surface area (Å²) in [6, 6.07) is 16.2. The Kier molecular flexibility index (Phi) is 7.67. The molecule has 1 aliphatic carbocycles. The molecule has 2 aromatic heterocycles. The molecule has 4 aromatic rings. The van der Waals surface area contributed by atoms with Gasteiger partial charge in [-0.3, -0.25) is 4.72 Å². The minimum Gasteiger partial charge on any atom is -0.382 e. The first-order valence-electron chi connectivity index (χ1n) is 13.7. The summed E-state index contributed by atoms with van der Waals surface area (Å²) >= 11 is 0. The lowest BCUT2D eigenvalue weighted by atomic mass is 9.87. The number of nitrogens with one attached hydrogen (secondary N) is 2. The van der Waals surface area contributed by atoms with E-state index >= 15 is 0 Å². The van der Waals surface area contributed by atoms with E-state index in [1.54, 1.807) is 43.3 Å². The highest BCUT2D eigenvalue weighted by Gasteiger charge is 2.24. The molecule has 5 rings (SSSR count). The summed E-state index contributed by atoms with van der Waals surface area (Å²) in [5, 5.41) is 4.37. The van der Waals surface area contributed by atoms with Gasteiger partial charge in [0, 0.05) is 40.3 Å². The van der Waals surface area contributed by atoms with Crippen LogP contribution in [0.1, 0.15) is 50.8 Å². The number of rotatable bonds is 8. The number of aryl methyl sites for hydroxylation is 2. The van der Waals surface area contributed by atoms with Gasteiger partial charge < -0.3 is 5.32 Å². The summed E-state index contributed by atoms with van der Waals surface area (Å²) in [5.41, 5.74) is 4.85. The van der Waals surface area contributed by atoms with Crippen molar-refractivity contribution in [2.24, 2.45) is 5.92 Å². The van der Waals surface area contributed by atoms with Crippen molar-refractivity contribution in [2.75, 3.05) is 15.8 Å². The maximum atomic E-state index is 13.6. The predicted octanol–water partition coefficient (Wildman–Crippen LogP) is 6.31. The lowest BCUT2D eigenvalue weighted by molar-refractivity contribution is 0.361. The second-order valence-electron chi connectivity index (χ2n) is 10.8. The van der Waals surface area contributed by atoms with Crippen molar-refractivity contribution in [1.82, 2.24) is 8.96 Å². The fraction of sp³-hybridized carbons (Fsp3) is 0.367. The van der Waals surface area contributed by atoms with Crippen LogP contribution in [0.15, 0.2) is 65.7 Å². The summed E-state index contributed by atoms with van der Waals surface area (Å²) in [4.78, 5) is 4.82. The van der Waals surface area contributed by atoms with Crippen LogP contribution in [0.5, 0.6) is 0 Å². The average Bonchev–Trinajstić information content (AvgIpc) is 3.35. The van der Waals surface area contributed by atoms with Crippen molar-refractivity contribution in [2.45, 2.75) is 64.3 Å². The maximum Gasteiger partial charge on any atom is 0.269 e. The van der Waals surface area contributed by atoms with Gasteiger partial charge in [0.2, 0.25) is 10.0 Å². The second kappa shape index (κ2) is 10.9. The number of sulfonamides is 1. The fourth-order valence-corrected chi connectivity index (χ4v) is 7.21. The summed E-state index contributed by atoms with van der Waals surface area (Å²) in [6.45, 7) is 7.61. The van der Waals surface area contributed by atoms with Crippen LogP contribution in [-0.4, -0.2) is 37.6 Å². The van der Waals surface area contributed by atoms with E-state index < -0.39 is 20.0 Å². The molecule has 1 fully saturated rings. The molecule has 2 heterocycles. The van der Waals surface area contributed by atoms with Gasteiger partial charge in [0.15, 0.2) is 5.65 Å². The zero-order valence-electron chi connectivity index (χ0n) is 23.3. The molecule has 0 atom stereocenters. The molecule has 0 saturated heterocycles. The summed E-state index contributed by atoms with van der Waals surface area (Å²) in [6.07, 6.45) is 5.95. The minimum absolute atomic E-state index is 0.0407. The molecule has 1 aliphatic rings. The van der Waals surface area contributed by atoms with Gasteiger partial charge in [-0.1, -0.05) is 24.6 Å². The van der Waals surface area contributed by atoms with Crippen LogP contribution < -0.4 is 10.0 Å². The normalized spacial score (nSPS) is 18.1. The second-order valence-corrected chi connectivity index (χ2v) is 14.7. The average molecular weight is 581 g/mol. The van der Waals surface area contributed by atoms with Crippen LogP contribution in [0, 0.1) is 19.8 Å². The van der Waals surface area contributed by atoms with Gasteiger partial charge in [-0.2, -0.15) is 0 Å². The zero-order chi connectivity index (χ0) is 28.7. The number of pyridine rings is 1. The van der Waals surface area contributed by atoms with Crippen molar-refractivity contribution in [3.8, 4) is 11.1 Å². The van der Waals surface area contributed by atoms with Crippen molar-refractivity contribution in [3.05, 3.63) is 72.1 Å². The molecule has 0 aliphatic heterocycles. The van der Waals surface area contributed by atoms with E-state index in [1.807, 2.05) is 32.0 Å². The summed E-state index contributed by atoms with van der Waals surface area (Å²) < 4.78 is 55.9. The van der Waals surface area contributed by atoms with Gasteiger partial charge in [-0.25, -0.2) is 25.8 Å². The van der Waals surface area contributed by atoms with Gasteiger partial charge in [0.1, 0.15) is 0 Å². The first kappa shape index (κ1) is 28.2. The predicted molar refractivity (Wildman–Crippen MR) is 162 cm³/mol. The Morgan fingerprint density at radius 2 is 1.60 bits per heavy atom. The highest BCUT2D eigenvalue weighted by Crippen LogP contribution is 2.38. The number of anilines is 2. The number of benzene rings is 2. The van der Waals surface area contributed by atoms with Gasteiger partial charge in [-0.05, 0) is 100 Å². The third kappa shape index (κ3) is 5.74. The quantitative estimate of drug-likeness (QED) is 0.253. The molecule has 0 unspecified atom stereocenters. The summed E-state index contributed by atoms with van der Waals surface area (Å²) in [7, 11) is -7.36. The fourth-order valence-electron chi connectivity index (χ4n) is 5.28. The number of hydrogen-bond donors (Lipinski definition) is 2. The first-order valence-corrected chi connectivity index (χ1v) is 16.8. The van der Waals surface area contributed by atoms with Crippen molar-refractivity contribution in [3.63, 3.8) is 0 Å². The van der Waals surface area contributed by atoms with Gasteiger partial charge in [-0.15, -0.1) is 0 Å². The zero-order valence-corrected chi connectivity index (χ0v) is 24.9. The van der Waals surface area contributed by atoms with E-state index in [0.29, 0.717) is 34.4 Å². The van der Waals surface area contributed by atoms with Crippen LogP contribution in [0.25, 0.3) is 22.2 Å². The standard InChI is InChI=1S/C30H36N4O4S2/c1-5-39(35,36)33-24-12-15-29(32-23-10-6-20(2)7-11-23)28(19-24)27-18-22(4)31-30-26(27)16-17-34(30)40(37,38)25-13-8-21(3)9-14-25/h8-9,12-20,23,32-33H,5-7,10-11H2,1-4H3. The number of nitrogens with zero attached hydrogens (tertiary/aromatic N) is 2. The maximum absolute atomic E-state index is 13.6. The van der Waals surface area contributed by atoms with Crippen LogP contribution in [0.4, 0.5) is 11.4 Å². The smallest absolute Gasteiger partial charge is 0.269 e. The highest BCUT2D eigenvalue weighted by molar-refractivity contribution is 7.92. The van der Waals surface area contributed by atoms with E-state index in [0.717, 1.165) is 48.1 Å². The van der Waals surface area contributed by atoms with Crippen LogP contribution >= 0.6 is 0 Å². The molecule has 212 valence electrons. The number of fused-ring (bicyclic) bond motifs is 1. The van der Waals surface area contributed by atoms with E-state index in [4.69, 9.17) is 0 Å². The SMILES string of the molecule is CCS(=O)(=O)Nc1ccc(NC2CCC(C)CC2)c(-c2cc(C)nc3c2ccn3S(=O)(=O)c2ccc(C)cc2)c1. The highest BCUT2D eigenvalue weighted by atomic mass is 32.2. The Labute approximate surface area is 236 Å². The third-order valence-corrected chi connectivity index (χ3v) is 10.7. The van der Waals surface area contributed by atoms with Crippen molar-refractivity contribution >= 4 is 42.5 Å². The van der Waals surface area contributed by atoms with Crippen molar-refractivity contribution < 1.29 is 16.8 Å². The van der Waals surface area contributed by atoms with Crippen LogP contribution in [0.2, 0.25) is 0 Å². The van der Waals surface area contributed by atoms with Gasteiger partial charge in [0.25, 0.3) is 10.0 Å². The minimum atomic E-state index is -3.88. The molecule has 10 heteroatoms. The number of aromatic nitrogens is 2. The van der Waals surface area contributed by atoms with Crippen LogP contribution in [-0.2, 0) is 20.0 Å². The third-order valence-electron chi connectivity index (χ3n) is 7.67. The largest absolute Gasteiger partial charge is 0.382 e. The van der Waals surface area contributed by atoms with Gasteiger partial charge in [0.05, 0.1) is 10.6 Å². The molecule has 8 nitrogen and oxygen atoms in total. The Morgan fingerprint density at radius 1 is 0.900 bits per heavy atom. The molecule has 2 N–H and O–H groups in total. The van der Waals surface area contributed by atoms with E-state index in [1.165, 1.54) is 10.2 Å². The van der Waals surface area contributed by atoms with E-state index in [9.17, 15) is 16.8 Å². The lowest BCUT2D eigenvalue weighted by Gasteiger charge is -2.29. The Hall–Kier alpha value is -3.37.